The SMILES string of the molecule is Cc1ccccc1OS(=O)c1c(C)c(C)c2c(c1C)CC(C)(C)O2. The van der Waals surface area contributed by atoms with Crippen LogP contribution in [0.2, 0.25) is 0 Å². The third kappa shape index (κ3) is 2.84. The van der Waals surface area contributed by atoms with Crippen LogP contribution in [0, 0.1) is 27.7 Å². The van der Waals surface area contributed by atoms with E-state index in [9.17, 15) is 4.21 Å². The van der Waals surface area contributed by atoms with E-state index in [1.165, 1.54) is 0 Å². The molecule has 0 spiro atoms. The lowest BCUT2D eigenvalue weighted by atomic mass is 9.94. The Labute approximate surface area is 146 Å². The van der Waals surface area contributed by atoms with Crippen LogP contribution in [0.5, 0.6) is 11.5 Å². The van der Waals surface area contributed by atoms with Crippen LogP contribution >= 0.6 is 0 Å². The number of hydrogen-bond donors (Lipinski definition) is 0. The molecule has 0 saturated carbocycles. The van der Waals surface area contributed by atoms with Crippen LogP contribution < -0.4 is 8.92 Å². The lowest BCUT2D eigenvalue weighted by molar-refractivity contribution is 0.137. The van der Waals surface area contributed by atoms with E-state index < -0.39 is 11.1 Å². The highest BCUT2D eigenvalue weighted by Gasteiger charge is 2.35. The van der Waals surface area contributed by atoms with Gasteiger partial charge >= 0.3 is 0 Å². The van der Waals surface area contributed by atoms with Crippen molar-refractivity contribution in [2.24, 2.45) is 0 Å². The molecule has 0 fully saturated rings. The van der Waals surface area contributed by atoms with Crippen LogP contribution in [0.3, 0.4) is 0 Å². The van der Waals surface area contributed by atoms with Crippen LogP contribution in [-0.4, -0.2) is 9.81 Å². The molecule has 0 aromatic heterocycles. The molecule has 1 heterocycles. The first-order chi connectivity index (χ1) is 11.2. The van der Waals surface area contributed by atoms with Gasteiger partial charge in [0.25, 0.3) is 0 Å². The fourth-order valence-electron chi connectivity index (χ4n) is 3.27. The van der Waals surface area contributed by atoms with E-state index in [0.717, 1.165) is 44.9 Å². The molecule has 24 heavy (non-hydrogen) atoms. The van der Waals surface area contributed by atoms with Crippen LogP contribution in [0.25, 0.3) is 0 Å². The standard InChI is InChI=1S/C20H24O3S/c1-12-9-7-8-10-17(12)23-24(21)19-14(3)13(2)18-16(15(19)4)11-20(5,6)22-18/h7-10H,11H2,1-6H3. The maximum atomic E-state index is 13.0. The van der Waals surface area contributed by atoms with Gasteiger partial charge in [-0.1, -0.05) is 18.2 Å². The first kappa shape index (κ1) is 17.0. The summed E-state index contributed by atoms with van der Waals surface area (Å²) in [6.07, 6.45) is 0.823. The molecule has 0 amide bonds. The van der Waals surface area contributed by atoms with Crippen molar-refractivity contribution in [3.63, 3.8) is 0 Å². The summed E-state index contributed by atoms with van der Waals surface area (Å²) in [5.74, 6) is 1.61. The average Bonchev–Trinajstić information content (AvgIpc) is 2.84. The molecule has 3 nitrogen and oxygen atoms in total. The molecule has 0 radical (unpaired) electrons. The van der Waals surface area contributed by atoms with E-state index in [0.29, 0.717) is 5.75 Å². The Bertz CT molecular complexity index is 837. The summed E-state index contributed by atoms with van der Waals surface area (Å²) in [6, 6.07) is 7.64. The number of benzene rings is 2. The Balaban J connectivity index is 2.05. The molecule has 2 aromatic rings. The maximum Gasteiger partial charge on any atom is 0.241 e. The predicted octanol–water partition coefficient (Wildman–Crippen LogP) is 4.74. The highest BCUT2D eigenvalue weighted by Crippen LogP contribution is 2.43. The van der Waals surface area contributed by atoms with Gasteiger partial charge in [-0.25, -0.2) is 4.21 Å². The second-order valence-corrected chi connectivity index (χ2v) is 8.18. The minimum atomic E-state index is -1.55. The lowest BCUT2D eigenvalue weighted by Gasteiger charge is -2.19. The molecule has 1 atom stereocenters. The molecule has 0 aliphatic carbocycles. The van der Waals surface area contributed by atoms with Crippen molar-refractivity contribution in [2.45, 2.75) is 58.5 Å². The molecule has 0 N–H and O–H groups in total. The van der Waals surface area contributed by atoms with Gasteiger partial charge in [0, 0.05) is 12.0 Å². The summed E-state index contributed by atoms with van der Waals surface area (Å²) in [5, 5.41) is 0. The zero-order chi connectivity index (χ0) is 17.6. The fourth-order valence-corrected chi connectivity index (χ4v) is 4.48. The van der Waals surface area contributed by atoms with E-state index >= 15 is 0 Å². The van der Waals surface area contributed by atoms with E-state index in [1.807, 2.05) is 52.0 Å². The smallest absolute Gasteiger partial charge is 0.241 e. The minimum Gasteiger partial charge on any atom is -0.487 e. The summed E-state index contributed by atoms with van der Waals surface area (Å²) in [4.78, 5) is 0.774. The molecule has 1 unspecified atom stereocenters. The Morgan fingerprint density at radius 3 is 2.38 bits per heavy atom. The van der Waals surface area contributed by atoms with Crippen LogP contribution in [0.15, 0.2) is 29.2 Å². The van der Waals surface area contributed by atoms with Crippen LogP contribution in [0.4, 0.5) is 0 Å². The van der Waals surface area contributed by atoms with Gasteiger partial charge in [-0.3, -0.25) is 0 Å². The summed E-state index contributed by atoms with van der Waals surface area (Å²) in [6.45, 7) is 12.2. The van der Waals surface area contributed by atoms with Gasteiger partial charge in [0.1, 0.15) is 17.1 Å². The summed E-state index contributed by atoms with van der Waals surface area (Å²) < 4.78 is 24.9. The quantitative estimate of drug-likeness (QED) is 0.807. The average molecular weight is 344 g/mol. The number of fused-ring (bicyclic) bond motifs is 1. The number of para-hydroxylation sites is 1. The van der Waals surface area contributed by atoms with Crippen LogP contribution in [0.1, 0.15) is 41.7 Å². The highest BCUT2D eigenvalue weighted by molar-refractivity contribution is 7.80. The molecule has 3 rings (SSSR count). The molecule has 1 aliphatic rings. The number of rotatable bonds is 3. The molecule has 1 aliphatic heterocycles. The van der Waals surface area contributed by atoms with E-state index in [-0.39, 0.29) is 5.60 Å². The fraction of sp³-hybridized carbons (Fsp3) is 0.400. The lowest BCUT2D eigenvalue weighted by Crippen LogP contribution is -2.24. The first-order valence-corrected chi connectivity index (χ1v) is 9.26. The summed E-state index contributed by atoms with van der Waals surface area (Å²) in [5.41, 5.74) is 4.96. The van der Waals surface area contributed by atoms with E-state index in [4.69, 9.17) is 8.92 Å². The van der Waals surface area contributed by atoms with Gasteiger partial charge in [-0.15, -0.1) is 0 Å². The number of hydrogen-bond acceptors (Lipinski definition) is 3. The van der Waals surface area contributed by atoms with E-state index in [2.05, 4.69) is 13.8 Å². The molecular formula is C20H24O3S. The third-order valence-corrected chi connectivity index (χ3v) is 5.99. The molecule has 0 bridgehead atoms. The summed E-state index contributed by atoms with van der Waals surface area (Å²) >= 11 is -1.55. The molecule has 128 valence electrons. The maximum absolute atomic E-state index is 13.0. The Morgan fingerprint density at radius 1 is 1.04 bits per heavy atom. The van der Waals surface area contributed by atoms with Crippen molar-refractivity contribution in [1.82, 2.24) is 0 Å². The summed E-state index contributed by atoms with van der Waals surface area (Å²) in [7, 11) is 0. The van der Waals surface area contributed by atoms with Crippen molar-refractivity contribution in [1.29, 1.82) is 0 Å². The van der Waals surface area contributed by atoms with Gasteiger partial charge in [-0.05, 0) is 69.9 Å². The second kappa shape index (κ2) is 5.92. The highest BCUT2D eigenvalue weighted by atomic mass is 32.2. The van der Waals surface area contributed by atoms with Gasteiger partial charge in [0.05, 0.1) is 4.90 Å². The van der Waals surface area contributed by atoms with Crippen molar-refractivity contribution in [3.05, 3.63) is 52.1 Å². The van der Waals surface area contributed by atoms with Crippen molar-refractivity contribution >= 4 is 11.1 Å². The molecule has 4 heteroatoms. The third-order valence-electron chi connectivity index (χ3n) is 4.72. The van der Waals surface area contributed by atoms with Crippen molar-refractivity contribution < 1.29 is 13.1 Å². The molecule has 0 saturated heterocycles. The number of ether oxygens (including phenoxy) is 1. The zero-order valence-electron chi connectivity index (χ0n) is 15.1. The topological polar surface area (TPSA) is 35.5 Å². The Hall–Kier alpha value is -1.81. The minimum absolute atomic E-state index is 0.221. The molecular weight excluding hydrogens is 320 g/mol. The van der Waals surface area contributed by atoms with Gasteiger partial charge in [-0.2, -0.15) is 0 Å². The second-order valence-electron chi connectivity index (χ2n) is 7.13. The van der Waals surface area contributed by atoms with Crippen molar-refractivity contribution in [2.75, 3.05) is 0 Å². The largest absolute Gasteiger partial charge is 0.487 e. The van der Waals surface area contributed by atoms with Gasteiger partial charge in [0.15, 0.2) is 0 Å². The normalized spacial score (nSPS) is 16.4. The first-order valence-electron chi connectivity index (χ1n) is 8.18. The zero-order valence-corrected chi connectivity index (χ0v) is 16.0. The Kier molecular flexibility index (Phi) is 4.20. The van der Waals surface area contributed by atoms with Crippen molar-refractivity contribution in [3.8, 4) is 11.5 Å². The van der Waals surface area contributed by atoms with E-state index in [1.54, 1.807) is 0 Å². The predicted molar refractivity (Wildman–Crippen MR) is 97.3 cm³/mol. The molecule has 2 aromatic carbocycles. The van der Waals surface area contributed by atoms with Crippen LogP contribution in [-0.2, 0) is 17.5 Å². The number of aryl methyl sites for hydroxylation is 1. The Morgan fingerprint density at radius 2 is 1.71 bits per heavy atom. The monoisotopic (exact) mass is 344 g/mol. The van der Waals surface area contributed by atoms with Gasteiger partial charge < -0.3 is 8.92 Å². The van der Waals surface area contributed by atoms with Gasteiger partial charge in [0.2, 0.25) is 11.1 Å².